The molecule has 0 aliphatic heterocycles. The van der Waals surface area contributed by atoms with Gasteiger partial charge in [-0.25, -0.2) is 0 Å². The largest absolute Gasteiger partial charge is 0.456 e. The number of hydrogen-bond donors (Lipinski definition) is 0. The van der Waals surface area contributed by atoms with Crippen LogP contribution in [0.15, 0.2) is 59.0 Å². The van der Waals surface area contributed by atoms with E-state index in [9.17, 15) is 0 Å². The van der Waals surface area contributed by atoms with E-state index in [1.54, 1.807) is 0 Å². The molecule has 2 heterocycles. The first-order valence-electron chi connectivity index (χ1n) is 9.09. The smallest absolute Gasteiger partial charge is 0.138 e. The summed E-state index contributed by atoms with van der Waals surface area (Å²) in [6.07, 6.45) is 3.48. The third-order valence-electron chi connectivity index (χ3n) is 5.41. The van der Waals surface area contributed by atoms with Gasteiger partial charge in [0.1, 0.15) is 11.2 Å². The predicted octanol–water partition coefficient (Wildman–Crippen LogP) is 6.57. The number of benzene rings is 3. The number of para-hydroxylation sites is 2. The molecule has 5 rings (SSSR count). The lowest BCUT2D eigenvalue weighted by Gasteiger charge is -2.00. The average Bonchev–Trinajstić information content (AvgIpc) is 3.15. The Morgan fingerprint density at radius 2 is 1.68 bits per heavy atom. The van der Waals surface area contributed by atoms with Crippen LogP contribution in [0.5, 0.6) is 0 Å². The van der Waals surface area contributed by atoms with Crippen LogP contribution in [-0.2, 0) is 13.5 Å². The standard InChI is InChI=1S/C23H21NO/c1-3-4-8-15-9-7-11-17-19-13-18-16-10-5-6-12-20(16)24(2)21(18)14-22(19)25-23(15)17/h5-7,9-14H,3-4,8H2,1-2H3. The normalized spacial score (nSPS) is 12.1. The lowest BCUT2D eigenvalue weighted by molar-refractivity contribution is 0.658. The van der Waals surface area contributed by atoms with E-state index < -0.39 is 0 Å². The van der Waals surface area contributed by atoms with Crippen LogP contribution < -0.4 is 0 Å². The first-order chi connectivity index (χ1) is 12.3. The molecule has 0 radical (unpaired) electrons. The van der Waals surface area contributed by atoms with Crippen molar-refractivity contribution in [2.24, 2.45) is 7.05 Å². The lowest BCUT2D eigenvalue weighted by Crippen LogP contribution is -1.85. The number of aromatic nitrogens is 1. The number of furan rings is 1. The molecule has 124 valence electrons. The van der Waals surface area contributed by atoms with Crippen molar-refractivity contribution in [3.05, 3.63) is 60.2 Å². The topological polar surface area (TPSA) is 18.1 Å². The summed E-state index contributed by atoms with van der Waals surface area (Å²) >= 11 is 0. The van der Waals surface area contributed by atoms with Crippen LogP contribution in [0.2, 0.25) is 0 Å². The molecule has 0 bridgehead atoms. The summed E-state index contributed by atoms with van der Waals surface area (Å²) in [5.41, 5.74) is 5.85. The van der Waals surface area contributed by atoms with E-state index in [2.05, 4.69) is 73.1 Å². The summed E-state index contributed by atoms with van der Waals surface area (Å²) in [5.74, 6) is 0. The number of rotatable bonds is 3. The molecule has 0 atom stereocenters. The van der Waals surface area contributed by atoms with Crippen LogP contribution in [0, 0.1) is 0 Å². The molecular weight excluding hydrogens is 306 g/mol. The summed E-state index contributed by atoms with van der Waals surface area (Å²) in [5, 5.41) is 5.06. The quantitative estimate of drug-likeness (QED) is 0.366. The molecule has 3 aromatic carbocycles. The molecule has 0 N–H and O–H groups in total. The Balaban J connectivity index is 1.87. The zero-order valence-electron chi connectivity index (χ0n) is 14.7. The van der Waals surface area contributed by atoms with Gasteiger partial charge < -0.3 is 8.98 Å². The second kappa shape index (κ2) is 5.38. The van der Waals surface area contributed by atoms with E-state index in [-0.39, 0.29) is 0 Å². The zero-order valence-corrected chi connectivity index (χ0v) is 14.7. The van der Waals surface area contributed by atoms with Crippen molar-refractivity contribution in [3.63, 3.8) is 0 Å². The minimum absolute atomic E-state index is 0.984. The van der Waals surface area contributed by atoms with Crippen LogP contribution in [0.25, 0.3) is 43.7 Å². The molecule has 0 fully saturated rings. The molecular formula is C23H21NO. The maximum atomic E-state index is 6.33. The van der Waals surface area contributed by atoms with Gasteiger partial charge in [0.25, 0.3) is 0 Å². The average molecular weight is 327 g/mol. The Kier molecular flexibility index (Phi) is 3.14. The van der Waals surface area contributed by atoms with Crippen molar-refractivity contribution in [1.29, 1.82) is 0 Å². The molecule has 25 heavy (non-hydrogen) atoms. The van der Waals surface area contributed by atoms with E-state index in [1.807, 2.05) is 0 Å². The Morgan fingerprint density at radius 1 is 0.840 bits per heavy atom. The number of fused-ring (bicyclic) bond motifs is 6. The number of unbranched alkanes of at least 4 members (excludes halogenated alkanes) is 1. The van der Waals surface area contributed by atoms with Gasteiger partial charge in [-0.05, 0) is 30.5 Å². The van der Waals surface area contributed by atoms with Crippen molar-refractivity contribution in [3.8, 4) is 0 Å². The molecule has 2 aromatic heterocycles. The molecule has 0 aliphatic carbocycles. The van der Waals surface area contributed by atoms with Gasteiger partial charge >= 0.3 is 0 Å². The highest BCUT2D eigenvalue weighted by Gasteiger charge is 2.14. The third kappa shape index (κ3) is 2.03. The highest BCUT2D eigenvalue weighted by Crippen LogP contribution is 2.37. The summed E-state index contributed by atoms with van der Waals surface area (Å²) in [6.45, 7) is 2.23. The summed E-state index contributed by atoms with van der Waals surface area (Å²) in [6, 6.07) is 19.7. The minimum Gasteiger partial charge on any atom is -0.456 e. The Labute approximate surface area is 146 Å². The highest BCUT2D eigenvalue weighted by atomic mass is 16.3. The molecule has 2 nitrogen and oxygen atoms in total. The van der Waals surface area contributed by atoms with E-state index >= 15 is 0 Å². The molecule has 2 heteroatoms. The van der Waals surface area contributed by atoms with Gasteiger partial charge in [-0.2, -0.15) is 0 Å². The number of aryl methyl sites for hydroxylation is 2. The van der Waals surface area contributed by atoms with Crippen molar-refractivity contribution >= 4 is 43.7 Å². The SMILES string of the molecule is CCCCc1cccc2c1oc1cc3c(cc12)c1ccccc1n3C. The van der Waals surface area contributed by atoms with Crippen LogP contribution in [-0.4, -0.2) is 4.57 Å². The lowest BCUT2D eigenvalue weighted by atomic mass is 10.0. The Morgan fingerprint density at radius 3 is 2.56 bits per heavy atom. The van der Waals surface area contributed by atoms with E-state index in [0.717, 1.165) is 17.6 Å². The first kappa shape index (κ1) is 14.6. The number of hydrogen-bond acceptors (Lipinski definition) is 1. The molecule has 0 aliphatic rings. The number of nitrogens with zero attached hydrogens (tertiary/aromatic N) is 1. The minimum atomic E-state index is 0.984. The molecule has 0 saturated carbocycles. The van der Waals surface area contributed by atoms with E-state index in [0.29, 0.717) is 0 Å². The molecule has 0 saturated heterocycles. The molecule has 5 aromatic rings. The fraction of sp³-hybridized carbons (Fsp3) is 0.217. The maximum Gasteiger partial charge on any atom is 0.138 e. The fourth-order valence-electron chi connectivity index (χ4n) is 4.07. The van der Waals surface area contributed by atoms with Crippen molar-refractivity contribution in [1.82, 2.24) is 4.57 Å². The predicted molar refractivity (Wildman–Crippen MR) is 106 cm³/mol. The Bertz CT molecular complexity index is 1240. The van der Waals surface area contributed by atoms with Crippen LogP contribution >= 0.6 is 0 Å². The van der Waals surface area contributed by atoms with Crippen molar-refractivity contribution in [2.75, 3.05) is 0 Å². The van der Waals surface area contributed by atoms with Gasteiger partial charge in [0.15, 0.2) is 0 Å². The molecule has 0 amide bonds. The van der Waals surface area contributed by atoms with Gasteiger partial charge in [0.2, 0.25) is 0 Å². The van der Waals surface area contributed by atoms with E-state index in [1.165, 1.54) is 51.0 Å². The zero-order chi connectivity index (χ0) is 17.0. The summed E-state index contributed by atoms with van der Waals surface area (Å²) < 4.78 is 8.59. The summed E-state index contributed by atoms with van der Waals surface area (Å²) in [4.78, 5) is 0. The van der Waals surface area contributed by atoms with Crippen LogP contribution in [0.1, 0.15) is 25.3 Å². The first-order valence-corrected chi connectivity index (χ1v) is 9.09. The maximum absolute atomic E-state index is 6.33. The second-order valence-corrected chi connectivity index (χ2v) is 6.94. The molecule has 0 spiro atoms. The van der Waals surface area contributed by atoms with Gasteiger partial charge in [-0.1, -0.05) is 49.7 Å². The fourth-order valence-corrected chi connectivity index (χ4v) is 4.07. The third-order valence-corrected chi connectivity index (χ3v) is 5.41. The Hall–Kier alpha value is -2.74. The van der Waals surface area contributed by atoms with Gasteiger partial charge in [-0.15, -0.1) is 0 Å². The van der Waals surface area contributed by atoms with Crippen LogP contribution in [0.3, 0.4) is 0 Å². The van der Waals surface area contributed by atoms with Gasteiger partial charge in [-0.3, -0.25) is 0 Å². The van der Waals surface area contributed by atoms with Crippen molar-refractivity contribution in [2.45, 2.75) is 26.2 Å². The second-order valence-electron chi connectivity index (χ2n) is 6.94. The summed E-state index contributed by atoms with van der Waals surface area (Å²) in [7, 11) is 2.13. The van der Waals surface area contributed by atoms with E-state index in [4.69, 9.17) is 4.42 Å². The van der Waals surface area contributed by atoms with Crippen LogP contribution in [0.4, 0.5) is 0 Å². The molecule has 0 unspecified atom stereocenters. The monoisotopic (exact) mass is 327 g/mol. The van der Waals surface area contributed by atoms with Crippen molar-refractivity contribution < 1.29 is 4.42 Å². The van der Waals surface area contributed by atoms with Gasteiger partial charge in [0, 0.05) is 40.2 Å². The van der Waals surface area contributed by atoms with Gasteiger partial charge in [0.05, 0.1) is 5.52 Å². The highest BCUT2D eigenvalue weighted by molar-refractivity contribution is 6.16.